The van der Waals surface area contributed by atoms with Crippen molar-refractivity contribution in [2.45, 2.75) is 52.3 Å². The Morgan fingerprint density at radius 1 is 1.23 bits per heavy atom. The van der Waals surface area contributed by atoms with Gasteiger partial charge in [-0.3, -0.25) is 14.3 Å². The van der Waals surface area contributed by atoms with Crippen LogP contribution >= 0.6 is 0 Å². The van der Waals surface area contributed by atoms with Crippen LogP contribution in [-0.2, 0) is 38.8 Å². The van der Waals surface area contributed by atoms with Crippen LogP contribution in [0.25, 0.3) is 0 Å². The van der Waals surface area contributed by atoms with Crippen LogP contribution in [0.2, 0.25) is 0 Å². The molecule has 1 aliphatic carbocycles. The average Bonchev–Trinajstić information content (AvgIpc) is 3.01. The molecule has 0 bridgehead atoms. The van der Waals surface area contributed by atoms with E-state index in [0.29, 0.717) is 18.4 Å². The monoisotopic (exact) mass is 446 g/mol. The summed E-state index contributed by atoms with van der Waals surface area (Å²) in [6.07, 6.45) is -2.65. The van der Waals surface area contributed by atoms with Crippen molar-refractivity contribution in [1.29, 1.82) is 0 Å². The Bertz CT molecular complexity index is 989. The van der Waals surface area contributed by atoms with Gasteiger partial charge in [0.25, 0.3) is 0 Å². The maximum atomic E-state index is 13.4. The number of halogens is 3. The molecule has 1 aromatic rings. The Kier molecular flexibility index (Phi) is 5.68. The second-order valence-electron chi connectivity index (χ2n) is 8.54. The predicted octanol–water partition coefficient (Wildman–Crippen LogP) is 3.36. The zero-order valence-electron chi connectivity index (χ0n) is 17.1. The number of nitrogens with one attached hydrogen (secondary N) is 1. The number of ketones is 1. The highest BCUT2D eigenvalue weighted by Gasteiger charge is 2.49. The van der Waals surface area contributed by atoms with Crippen molar-refractivity contribution in [3.63, 3.8) is 0 Å². The zero-order valence-corrected chi connectivity index (χ0v) is 17.9. The first-order chi connectivity index (χ1) is 13.7. The number of hydrogen-bond donors (Lipinski definition) is 1. The van der Waals surface area contributed by atoms with Crippen LogP contribution in [0.3, 0.4) is 0 Å². The highest BCUT2D eigenvalue weighted by atomic mass is 32.2. The maximum Gasteiger partial charge on any atom is 0.416 e. The van der Waals surface area contributed by atoms with Gasteiger partial charge in [0.2, 0.25) is 15.9 Å². The number of carbonyl (C=O) groups is 2. The molecule has 30 heavy (non-hydrogen) atoms. The summed E-state index contributed by atoms with van der Waals surface area (Å²) >= 11 is 0. The summed E-state index contributed by atoms with van der Waals surface area (Å²) < 4.78 is 65.6. The lowest BCUT2D eigenvalue weighted by atomic mass is 9.74. The van der Waals surface area contributed by atoms with Gasteiger partial charge in [-0.2, -0.15) is 13.2 Å². The second kappa shape index (κ2) is 7.55. The molecule has 10 heteroatoms. The van der Waals surface area contributed by atoms with Crippen LogP contribution in [0.5, 0.6) is 0 Å². The summed E-state index contributed by atoms with van der Waals surface area (Å²) in [7, 11) is -3.78. The number of sulfonamides is 1. The van der Waals surface area contributed by atoms with E-state index in [-0.39, 0.29) is 54.8 Å². The molecule has 1 atom stereocenters. The molecule has 1 amide bonds. The van der Waals surface area contributed by atoms with E-state index in [9.17, 15) is 31.2 Å². The quantitative estimate of drug-likeness (QED) is 0.769. The van der Waals surface area contributed by atoms with Crippen molar-refractivity contribution in [1.82, 2.24) is 4.90 Å². The van der Waals surface area contributed by atoms with Crippen LogP contribution in [0.1, 0.15) is 49.8 Å². The van der Waals surface area contributed by atoms with Crippen molar-refractivity contribution in [3.8, 4) is 0 Å². The fourth-order valence-corrected chi connectivity index (χ4v) is 5.04. The summed E-state index contributed by atoms with van der Waals surface area (Å²) in [6, 6.07) is 1.77. The van der Waals surface area contributed by atoms with Crippen molar-refractivity contribution in [2.75, 3.05) is 17.5 Å². The molecular weight excluding hydrogens is 421 g/mol. The topological polar surface area (TPSA) is 83.6 Å². The van der Waals surface area contributed by atoms with Gasteiger partial charge >= 0.3 is 6.18 Å². The summed E-state index contributed by atoms with van der Waals surface area (Å²) in [4.78, 5) is 26.8. The fraction of sp³-hybridized carbons (Fsp3) is 0.600. The molecule has 6 nitrogen and oxygen atoms in total. The van der Waals surface area contributed by atoms with Gasteiger partial charge in [-0.25, -0.2) is 8.42 Å². The van der Waals surface area contributed by atoms with E-state index < -0.39 is 27.2 Å². The van der Waals surface area contributed by atoms with Crippen molar-refractivity contribution >= 4 is 27.4 Å². The average molecular weight is 446 g/mol. The first-order valence-corrected chi connectivity index (χ1v) is 11.6. The number of carbonyl (C=O) groups excluding carboxylic acids is 2. The third-order valence-electron chi connectivity index (χ3n) is 6.14. The zero-order chi connectivity index (χ0) is 22.5. The summed E-state index contributed by atoms with van der Waals surface area (Å²) in [6.45, 7) is 3.95. The van der Waals surface area contributed by atoms with E-state index in [4.69, 9.17) is 0 Å². The molecule has 1 N–H and O–H groups in total. The molecule has 0 unspecified atom stereocenters. The molecule has 1 fully saturated rings. The minimum absolute atomic E-state index is 0.0217. The molecule has 0 saturated heterocycles. The molecule has 166 valence electrons. The molecule has 1 saturated carbocycles. The number of fused-ring (bicyclic) bond motifs is 1. The lowest BCUT2D eigenvalue weighted by molar-refractivity contribution is -0.146. The molecule has 0 aromatic heterocycles. The SMILES string of the molecule is CC(C)[C@]1(C(=O)N2CCc3c(cc(C(F)(F)F)cc3NS(C)(=O)=O)C2)CCC(=O)C1. The third kappa shape index (κ3) is 4.33. The van der Waals surface area contributed by atoms with E-state index in [2.05, 4.69) is 4.72 Å². The normalized spacial score (nSPS) is 22.4. The summed E-state index contributed by atoms with van der Waals surface area (Å²) in [5.74, 6) is -0.278. The van der Waals surface area contributed by atoms with Crippen molar-refractivity contribution in [2.24, 2.45) is 11.3 Å². The molecule has 3 rings (SSSR count). The maximum absolute atomic E-state index is 13.4. The lowest BCUT2D eigenvalue weighted by Gasteiger charge is -2.39. The Hall–Kier alpha value is -2.10. The van der Waals surface area contributed by atoms with Gasteiger partial charge in [0.15, 0.2) is 0 Å². The number of nitrogens with zero attached hydrogens (tertiary/aromatic N) is 1. The molecule has 2 aliphatic rings. The molecule has 0 radical (unpaired) electrons. The van der Waals surface area contributed by atoms with Gasteiger partial charge in [0.1, 0.15) is 5.78 Å². The smallest absolute Gasteiger partial charge is 0.338 e. The van der Waals surface area contributed by atoms with Gasteiger partial charge in [0.05, 0.1) is 22.9 Å². The summed E-state index contributed by atoms with van der Waals surface area (Å²) in [5.41, 5.74) is -1.19. The van der Waals surface area contributed by atoms with E-state index in [1.807, 2.05) is 13.8 Å². The highest BCUT2D eigenvalue weighted by Crippen LogP contribution is 2.45. The van der Waals surface area contributed by atoms with Crippen LogP contribution in [0, 0.1) is 11.3 Å². The Morgan fingerprint density at radius 2 is 1.90 bits per heavy atom. The molecular formula is C20H25F3N2O4S. The molecule has 1 aliphatic heterocycles. The summed E-state index contributed by atoms with van der Waals surface area (Å²) in [5, 5.41) is 0. The van der Waals surface area contributed by atoms with Gasteiger partial charge in [-0.1, -0.05) is 13.8 Å². The number of anilines is 1. The van der Waals surface area contributed by atoms with Crippen LogP contribution < -0.4 is 4.72 Å². The van der Waals surface area contributed by atoms with E-state index in [1.165, 1.54) is 4.90 Å². The highest BCUT2D eigenvalue weighted by molar-refractivity contribution is 7.92. The minimum Gasteiger partial charge on any atom is -0.338 e. The third-order valence-corrected chi connectivity index (χ3v) is 6.73. The Morgan fingerprint density at radius 3 is 2.40 bits per heavy atom. The second-order valence-corrected chi connectivity index (χ2v) is 10.3. The Labute approximate surface area is 173 Å². The lowest BCUT2D eigenvalue weighted by Crippen LogP contribution is -2.47. The van der Waals surface area contributed by atoms with Crippen molar-refractivity contribution in [3.05, 3.63) is 28.8 Å². The van der Waals surface area contributed by atoms with Gasteiger partial charge in [-0.15, -0.1) is 0 Å². The van der Waals surface area contributed by atoms with E-state index >= 15 is 0 Å². The van der Waals surface area contributed by atoms with E-state index in [0.717, 1.165) is 18.4 Å². The molecule has 1 heterocycles. The Balaban J connectivity index is 1.99. The number of alkyl halides is 3. The minimum atomic E-state index is -4.66. The number of Topliss-reactive ketones (excluding diaryl/α,β-unsaturated/α-hetero) is 1. The van der Waals surface area contributed by atoms with Crippen LogP contribution in [0.4, 0.5) is 18.9 Å². The predicted molar refractivity (Wildman–Crippen MR) is 105 cm³/mol. The molecule has 0 spiro atoms. The standard InChI is InChI=1S/C20H25F3N2O4S/c1-12(2)19(6-4-15(26)10-19)18(27)25-7-5-16-13(11-25)8-14(20(21,22)23)9-17(16)24-30(3,28)29/h8-9,12,24H,4-7,10-11H2,1-3H3/t19-/m0/s1. The van der Waals surface area contributed by atoms with Crippen LogP contribution in [0.15, 0.2) is 12.1 Å². The van der Waals surface area contributed by atoms with Crippen molar-refractivity contribution < 1.29 is 31.2 Å². The first-order valence-electron chi connectivity index (χ1n) is 9.75. The largest absolute Gasteiger partial charge is 0.416 e. The number of rotatable bonds is 4. The number of amides is 1. The number of benzene rings is 1. The van der Waals surface area contributed by atoms with Gasteiger partial charge in [-0.05, 0) is 42.0 Å². The van der Waals surface area contributed by atoms with Gasteiger partial charge in [0, 0.05) is 25.9 Å². The fourth-order valence-electron chi connectivity index (χ4n) is 4.46. The first kappa shape index (κ1) is 22.6. The van der Waals surface area contributed by atoms with Crippen LogP contribution in [-0.4, -0.2) is 37.8 Å². The molecule has 1 aromatic carbocycles. The van der Waals surface area contributed by atoms with E-state index in [1.54, 1.807) is 0 Å². The number of hydrogen-bond acceptors (Lipinski definition) is 4. The van der Waals surface area contributed by atoms with Gasteiger partial charge < -0.3 is 4.90 Å².